The molecule has 0 aliphatic carbocycles. The van der Waals surface area contributed by atoms with Gasteiger partial charge in [0.1, 0.15) is 18.3 Å². The molecule has 0 radical (unpaired) electrons. The summed E-state index contributed by atoms with van der Waals surface area (Å²) in [6.07, 6.45) is 2.96. The lowest BCUT2D eigenvalue weighted by Gasteiger charge is -2.09. The van der Waals surface area contributed by atoms with Gasteiger partial charge in [0.05, 0.1) is 18.4 Å². The molecular formula is C19H15FN4O2. The molecule has 0 fully saturated rings. The Balaban J connectivity index is 1.57. The highest BCUT2D eigenvalue weighted by molar-refractivity contribution is 5.74. The van der Waals surface area contributed by atoms with Crippen LogP contribution in [0, 0.1) is 5.82 Å². The minimum atomic E-state index is -0.433. The number of para-hydroxylation sites is 2. The molecule has 0 saturated heterocycles. The van der Waals surface area contributed by atoms with Crippen molar-refractivity contribution in [1.29, 1.82) is 0 Å². The summed E-state index contributed by atoms with van der Waals surface area (Å²) in [5, 5.41) is 4.69. The number of nitrogens with zero attached hydrogens (tertiary/aromatic N) is 4. The van der Waals surface area contributed by atoms with Crippen LogP contribution >= 0.6 is 0 Å². The van der Waals surface area contributed by atoms with Crippen molar-refractivity contribution in [3.05, 3.63) is 83.3 Å². The number of ether oxygens (including phenoxy) is 1. The zero-order valence-corrected chi connectivity index (χ0v) is 13.7. The molecule has 6 nitrogen and oxygen atoms in total. The third-order valence-electron chi connectivity index (χ3n) is 3.98. The molecule has 130 valence electrons. The highest BCUT2D eigenvalue weighted by atomic mass is 19.1. The van der Waals surface area contributed by atoms with Crippen molar-refractivity contribution in [2.45, 2.75) is 6.54 Å². The first-order chi connectivity index (χ1) is 12.7. The molecule has 4 aromatic rings. The van der Waals surface area contributed by atoms with Gasteiger partial charge in [-0.25, -0.2) is 14.1 Å². The lowest BCUT2D eigenvalue weighted by atomic mass is 10.3. The second-order valence-electron chi connectivity index (χ2n) is 5.65. The first kappa shape index (κ1) is 16.0. The van der Waals surface area contributed by atoms with Crippen molar-refractivity contribution in [2.24, 2.45) is 0 Å². The maximum absolute atomic E-state index is 13.6. The Kier molecular flexibility index (Phi) is 4.18. The Hall–Kier alpha value is -3.48. The van der Waals surface area contributed by atoms with Crippen LogP contribution in [0.25, 0.3) is 16.7 Å². The summed E-state index contributed by atoms with van der Waals surface area (Å²) in [5.74, 6) is -0.274. The number of fused-ring (bicyclic) bond motifs is 1. The standard InChI is InChI=1S/C19H15FN4O2/c20-16-8-4-5-9-17(16)26-11-10-23-13-21-18-15(19(23)25)12-22-24(18)14-6-2-1-3-7-14/h1-9,12-13H,10-11H2. The van der Waals surface area contributed by atoms with E-state index in [-0.39, 0.29) is 24.5 Å². The second kappa shape index (κ2) is 6.79. The Morgan fingerprint density at radius 1 is 1.04 bits per heavy atom. The molecule has 0 unspecified atom stereocenters. The quantitative estimate of drug-likeness (QED) is 0.555. The molecule has 0 aliphatic rings. The maximum atomic E-state index is 13.6. The van der Waals surface area contributed by atoms with E-state index in [4.69, 9.17) is 4.74 Å². The zero-order valence-electron chi connectivity index (χ0n) is 13.7. The number of benzene rings is 2. The first-order valence-electron chi connectivity index (χ1n) is 8.10. The monoisotopic (exact) mass is 350 g/mol. The molecule has 0 spiro atoms. The Labute approximate surface area is 148 Å². The molecule has 2 aromatic heterocycles. The highest BCUT2D eigenvalue weighted by Crippen LogP contribution is 2.15. The minimum absolute atomic E-state index is 0.154. The highest BCUT2D eigenvalue weighted by Gasteiger charge is 2.11. The van der Waals surface area contributed by atoms with E-state index in [2.05, 4.69) is 10.1 Å². The summed E-state index contributed by atoms with van der Waals surface area (Å²) in [6, 6.07) is 15.6. The molecule has 0 N–H and O–H groups in total. The van der Waals surface area contributed by atoms with Gasteiger partial charge in [0.2, 0.25) is 0 Å². The average molecular weight is 350 g/mol. The van der Waals surface area contributed by atoms with Gasteiger partial charge in [0.25, 0.3) is 5.56 Å². The molecule has 7 heteroatoms. The van der Waals surface area contributed by atoms with Gasteiger partial charge in [-0.2, -0.15) is 5.10 Å². The van der Waals surface area contributed by atoms with Crippen LogP contribution < -0.4 is 10.3 Å². The van der Waals surface area contributed by atoms with Crippen LogP contribution in [-0.4, -0.2) is 25.9 Å². The number of halogens is 1. The molecule has 2 heterocycles. The van der Waals surface area contributed by atoms with E-state index in [0.717, 1.165) is 5.69 Å². The second-order valence-corrected chi connectivity index (χ2v) is 5.65. The summed E-state index contributed by atoms with van der Waals surface area (Å²) in [7, 11) is 0. The molecule has 0 saturated carbocycles. The zero-order chi connectivity index (χ0) is 17.9. The van der Waals surface area contributed by atoms with Gasteiger partial charge in [0.15, 0.2) is 17.2 Å². The first-order valence-corrected chi connectivity index (χ1v) is 8.10. The van der Waals surface area contributed by atoms with Crippen LogP contribution in [-0.2, 0) is 6.54 Å². The van der Waals surface area contributed by atoms with Crippen molar-refractivity contribution < 1.29 is 9.13 Å². The SMILES string of the molecule is O=c1c2cnn(-c3ccccc3)c2ncn1CCOc1ccccc1F. The van der Waals surface area contributed by atoms with E-state index in [1.807, 2.05) is 30.3 Å². The summed E-state index contributed by atoms with van der Waals surface area (Å²) in [4.78, 5) is 17.0. The number of aromatic nitrogens is 4. The lowest BCUT2D eigenvalue weighted by molar-refractivity contribution is 0.282. The Morgan fingerprint density at radius 3 is 2.62 bits per heavy atom. The van der Waals surface area contributed by atoms with Crippen molar-refractivity contribution in [3.8, 4) is 11.4 Å². The van der Waals surface area contributed by atoms with Gasteiger partial charge < -0.3 is 4.74 Å². The molecule has 2 aromatic carbocycles. The fourth-order valence-electron chi connectivity index (χ4n) is 2.68. The van der Waals surface area contributed by atoms with Crippen LogP contribution in [0.2, 0.25) is 0 Å². The molecule has 0 bridgehead atoms. The molecule has 26 heavy (non-hydrogen) atoms. The minimum Gasteiger partial charge on any atom is -0.489 e. The van der Waals surface area contributed by atoms with Crippen LogP contribution in [0.1, 0.15) is 0 Å². The average Bonchev–Trinajstić information content (AvgIpc) is 3.11. The number of hydrogen-bond acceptors (Lipinski definition) is 4. The summed E-state index contributed by atoms with van der Waals surface area (Å²) in [6.45, 7) is 0.410. The fraction of sp³-hybridized carbons (Fsp3) is 0.105. The van der Waals surface area contributed by atoms with Crippen LogP contribution in [0.5, 0.6) is 5.75 Å². The van der Waals surface area contributed by atoms with E-state index in [0.29, 0.717) is 11.0 Å². The van der Waals surface area contributed by atoms with Crippen LogP contribution in [0.15, 0.2) is 71.9 Å². The third-order valence-corrected chi connectivity index (χ3v) is 3.98. The predicted octanol–water partition coefficient (Wildman–Crippen LogP) is 2.80. The molecule has 0 amide bonds. The van der Waals surface area contributed by atoms with Gasteiger partial charge >= 0.3 is 0 Å². The Morgan fingerprint density at radius 2 is 1.81 bits per heavy atom. The van der Waals surface area contributed by atoms with Crippen molar-refractivity contribution >= 4 is 11.0 Å². The van der Waals surface area contributed by atoms with Crippen molar-refractivity contribution in [2.75, 3.05) is 6.61 Å². The van der Waals surface area contributed by atoms with E-state index in [1.54, 1.807) is 22.9 Å². The van der Waals surface area contributed by atoms with Gasteiger partial charge in [-0.1, -0.05) is 30.3 Å². The summed E-state index contributed by atoms with van der Waals surface area (Å²) in [5.41, 5.74) is 1.11. The maximum Gasteiger partial charge on any atom is 0.264 e. The predicted molar refractivity (Wildman–Crippen MR) is 95.0 cm³/mol. The number of rotatable bonds is 5. The van der Waals surface area contributed by atoms with Gasteiger partial charge in [-0.3, -0.25) is 9.36 Å². The topological polar surface area (TPSA) is 61.9 Å². The van der Waals surface area contributed by atoms with Crippen LogP contribution in [0.4, 0.5) is 4.39 Å². The largest absolute Gasteiger partial charge is 0.489 e. The van der Waals surface area contributed by atoms with E-state index >= 15 is 0 Å². The fourth-order valence-corrected chi connectivity index (χ4v) is 2.68. The number of hydrogen-bond donors (Lipinski definition) is 0. The van der Waals surface area contributed by atoms with Crippen molar-refractivity contribution in [3.63, 3.8) is 0 Å². The van der Waals surface area contributed by atoms with E-state index < -0.39 is 5.82 Å². The molecule has 0 aliphatic heterocycles. The van der Waals surface area contributed by atoms with E-state index in [1.165, 1.54) is 23.2 Å². The van der Waals surface area contributed by atoms with E-state index in [9.17, 15) is 9.18 Å². The van der Waals surface area contributed by atoms with Gasteiger partial charge in [-0.05, 0) is 24.3 Å². The molecular weight excluding hydrogens is 335 g/mol. The van der Waals surface area contributed by atoms with Gasteiger partial charge in [0, 0.05) is 0 Å². The third kappa shape index (κ3) is 2.95. The lowest BCUT2D eigenvalue weighted by Crippen LogP contribution is -2.23. The van der Waals surface area contributed by atoms with Crippen molar-refractivity contribution in [1.82, 2.24) is 19.3 Å². The normalized spacial score (nSPS) is 11.0. The van der Waals surface area contributed by atoms with Crippen LogP contribution in [0.3, 0.4) is 0 Å². The summed E-state index contributed by atoms with van der Waals surface area (Å²) >= 11 is 0. The molecule has 0 atom stereocenters. The summed E-state index contributed by atoms with van der Waals surface area (Å²) < 4.78 is 22.0. The van der Waals surface area contributed by atoms with Gasteiger partial charge in [-0.15, -0.1) is 0 Å². The smallest absolute Gasteiger partial charge is 0.264 e. The molecule has 4 rings (SSSR count). The Bertz CT molecular complexity index is 1110.